The molecule has 3 nitrogen and oxygen atoms in total. The van der Waals surface area contributed by atoms with Crippen molar-refractivity contribution in [3.63, 3.8) is 0 Å². The molecule has 1 aliphatic carbocycles. The lowest BCUT2D eigenvalue weighted by Crippen LogP contribution is -2.26. The maximum atomic E-state index is 4.33. The highest BCUT2D eigenvalue weighted by atomic mass is 15.1. The predicted octanol–water partition coefficient (Wildman–Crippen LogP) is 2.56. The van der Waals surface area contributed by atoms with E-state index in [-0.39, 0.29) is 6.04 Å². The molecule has 1 aromatic heterocycles. The molecule has 1 unspecified atom stereocenters. The fourth-order valence-electron chi connectivity index (χ4n) is 2.48. The quantitative estimate of drug-likeness (QED) is 0.849. The van der Waals surface area contributed by atoms with Crippen LogP contribution in [0.4, 0.5) is 0 Å². The SMILES string of the molecule is CC(NC1C(C)(C)C1(C)C)c1cnccn1. The summed E-state index contributed by atoms with van der Waals surface area (Å²) in [6.45, 7) is 11.4. The number of hydrogen-bond donors (Lipinski definition) is 1. The van der Waals surface area contributed by atoms with Crippen molar-refractivity contribution in [2.24, 2.45) is 10.8 Å². The Bertz CT molecular complexity index is 356. The summed E-state index contributed by atoms with van der Waals surface area (Å²) < 4.78 is 0. The summed E-state index contributed by atoms with van der Waals surface area (Å²) in [5.74, 6) is 0. The van der Waals surface area contributed by atoms with Gasteiger partial charge in [-0.3, -0.25) is 9.97 Å². The van der Waals surface area contributed by atoms with E-state index in [2.05, 4.69) is 49.9 Å². The predicted molar refractivity (Wildman–Crippen MR) is 64.9 cm³/mol. The smallest absolute Gasteiger partial charge is 0.0753 e. The molecular formula is C13H21N3. The molecule has 1 aliphatic rings. The molecule has 0 saturated heterocycles. The van der Waals surface area contributed by atoms with Gasteiger partial charge in [0.25, 0.3) is 0 Å². The molecule has 1 saturated carbocycles. The molecule has 0 aliphatic heterocycles. The molecule has 1 N–H and O–H groups in total. The second kappa shape index (κ2) is 3.52. The van der Waals surface area contributed by atoms with Crippen LogP contribution in [0.5, 0.6) is 0 Å². The zero-order valence-corrected chi connectivity index (χ0v) is 10.8. The first kappa shape index (κ1) is 11.5. The van der Waals surface area contributed by atoms with E-state index in [1.165, 1.54) is 0 Å². The van der Waals surface area contributed by atoms with Gasteiger partial charge in [0.1, 0.15) is 0 Å². The molecule has 0 radical (unpaired) electrons. The number of rotatable bonds is 3. The molecule has 2 rings (SSSR count). The van der Waals surface area contributed by atoms with E-state index in [1.54, 1.807) is 12.4 Å². The van der Waals surface area contributed by atoms with Crippen molar-refractivity contribution in [3.8, 4) is 0 Å². The lowest BCUT2D eigenvalue weighted by molar-refractivity contribution is 0.457. The molecular weight excluding hydrogens is 198 g/mol. The summed E-state index contributed by atoms with van der Waals surface area (Å²) in [4.78, 5) is 8.43. The Labute approximate surface area is 97.7 Å². The Balaban J connectivity index is 2.03. The van der Waals surface area contributed by atoms with E-state index in [9.17, 15) is 0 Å². The van der Waals surface area contributed by atoms with Crippen LogP contribution >= 0.6 is 0 Å². The van der Waals surface area contributed by atoms with E-state index in [0.29, 0.717) is 16.9 Å². The Kier molecular flexibility index (Phi) is 2.54. The highest BCUT2D eigenvalue weighted by Crippen LogP contribution is 2.63. The first-order chi connectivity index (χ1) is 7.37. The zero-order valence-electron chi connectivity index (χ0n) is 10.8. The van der Waals surface area contributed by atoms with Gasteiger partial charge in [-0.25, -0.2) is 0 Å². The summed E-state index contributed by atoms with van der Waals surface area (Å²) in [6, 6.07) is 0.816. The molecule has 1 aromatic rings. The first-order valence-electron chi connectivity index (χ1n) is 5.89. The Morgan fingerprint density at radius 2 is 1.81 bits per heavy atom. The molecule has 0 amide bonds. The van der Waals surface area contributed by atoms with Crippen LogP contribution in [0.2, 0.25) is 0 Å². The average Bonchev–Trinajstić information content (AvgIpc) is 2.62. The van der Waals surface area contributed by atoms with Crippen LogP contribution < -0.4 is 5.32 Å². The minimum Gasteiger partial charge on any atom is -0.305 e. The van der Waals surface area contributed by atoms with Crippen LogP contribution in [0.15, 0.2) is 18.6 Å². The number of nitrogens with zero attached hydrogens (tertiary/aromatic N) is 2. The van der Waals surface area contributed by atoms with E-state index in [0.717, 1.165) is 5.69 Å². The van der Waals surface area contributed by atoms with Crippen LogP contribution in [-0.2, 0) is 0 Å². The summed E-state index contributed by atoms with van der Waals surface area (Å²) in [5.41, 5.74) is 1.74. The van der Waals surface area contributed by atoms with Crippen LogP contribution in [0.3, 0.4) is 0 Å². The van der Waals surface area contributed by atoms with Gasteiger partial charge in [0, 0.05) is 30.7 Å². The van der Waals surface area contributed by atoms with Crippen molar-refractivity contribution >= 4 is 0 Å². The second-order valence-corrected chi connectivity index (χ2v) is 5.90. The Morgan fingerprint density at radius 3 is 2.25 bits per heavy atom. The minimum absolute atomic E-state index is 0.264. The molecule has 88 valence electrons. The van der Waals surface area contributed by atoms with E-state index in [1.807, 2.05) is 6.20 Å². The minimum atomic E-state index is 0.264. The fourth-order valence-corrected chi connectivity index (χ4v) is 2.48. The van der Waals surface area contributed by atoms with Gasteiger partial charge in [-0.1, -0.05) is 27.7 Å². The second-order valence-electron chi connectivity index (χ2n) is 5.90. The molecule has 16 heavy (non-hydrogen) atoms. The molecule has 3 heteroatoms. The van der Waals surface area contributed by atoms with Crippen LogP contribution in [0, 0.1) is 10.8 Å². The lowest BCUT2D eigenvalue weighted by Gasteiger charge is -2.14. The van der Waals surface area contributed by atoms with E-state index in [4.69, 9.17) is 0 Å². The van der Waals surface area contributed by atoms with Gasteiger partial charge in [-0.05, 0) is 17.8 Å². The lowest BCUT2D eigenvalue weighted by atomic mass is 10.0. The highest BCUT2D eigenvalue weighted by molar-refractivity contribution is 5.19. The average molecular weight is 219 g/mol. The van der Waals surface area contributed by atoms with Gasteiger partial charge in [0.2, 0.25) is 0 Å². The number of hydrogen-bond acceptors (Lipinski definition) is 3. The topological polar surface area (TPSA) is 37.8 Å². The van der Waals surface area contributed by atoms with Crippen molar-refractivity contribution in [1.29, 1.82) is 0 Å². The molecule has 1 atom stereocenters. The van der Waals surface area contributed by atoms with Crippen molar-refractivity contribution in [3.05, 3.63) is 24.3 Å². The monoisotopic (exact) mass is 219 g/mol. The maximum absolute atomic E-state index is 4.33. The number of nitrogens with one attached hydrogen (secondary N) is 1. The third-order valence-corrected chi connectivity index (χ3v) is 4.46. The maximum Gasteiger partial charge on any atom is 0.0753 e. The van der Waals surface area contributed by atoms with Gasteiger partial charge in [-0.15, -0.1) is 0 Å². The zero-order chi connectivity index (χ0) is 12.0. The van der Waals surface area contributed by atoms with Crippen LogP contribution in [0.1, 0.15) is 46.4 Å². The van der Waals surface area contributed by atoms with Gasteiger partial charge in [0.15, 0.2) is 0 Å². The summed E-state index contributed by atoms with van der Waals surface area (Å²) >= 11 is 0. The van der Waals surface area contributed by atoms with E-state index >= 15 is 0 Å². The van der Waals surface area contributed by atoms with Crippen molar-refractivity contribution < 1.29 is 0 Å². The van der Waals surface area contributed by atoms with Crippen molar-refractivity contribution in [1.82, 2.24) is 15.3 Å². The summed E-state index contributed by atoms with van der Waals surface area (Å²) in [7, 11) is 0. The Hall–Kier alpha value is -0.960. The van der Waals surface area contributed by atoms with Gasteiger partial charge in [0.05, 0.1) is 5.69 Å². The first-order valence-corrected chi connectivity index (χ1v) is 5.89. The Morgan fingerprint density at radius 1 is 1.19 bits per heavy atom. The largest absolute Gasteiger partial charge is 0.305 e. The molecule has 1 fully saturated rings. The van der Waals surface area contributed by atoms with Crippen LogP contribution in [0.25, 0.3) is 0 Å². The van der Waals surface area contributed by atoms with E-state index < -0.39 is 0 Å². The fraction of sp³-hybridized carbons (Fsp3) is 0.692. The molecule has 0 bridgehead atoms. The summed E-state index contributed by atoms with van der Waals surface area (Å²) in [6.07, 6.45) is 5.29. The molecule has 0 spiro atoms. The molecule has 0 aromatic carbocycles. The van der Waals surface area contributed by atoms with Gasteiger partial charge < -0.3 is 5.32 Å². The third-order valence-electron chi connectivity index (χ3n) is 4.46. The third kappa shape index (κ3) is 1.63. The van der Waals surface area contributed by atoms with Crippen LogP contribution in [-0.4, -0.2) is 16.0 Å². The molecule has 1 heterocycles. The summed E-state index contributed by atoms with van der Waals surface area (Å²) in [5, 5.41) is 3.65. The highest BCUT2D eigenvalue weighted by Gasteiger charge is 2.64. The standard InChI is InChI=1S/C13H21N3/c1-9(10-8-14-6-7-15-10)16-11-12(2,3)13(11,4)5/h6-9,11,16H,1-5H3. The van der Waals surface area contributed by atoms with Crippen molar-refractivity contribution in [2.45, 2.75) is 46.7 Å². The normalized spacial score (nSPS) is 24.1. The van der Waals surface area contributed by atoms with Gasteiger partial charge in [-0.2, -0.15) is 0 Å². The van der Waals surface area contributed by atoms with Crippen molar-refractivity contribution in [2.75, 3.05) is 0 Å². The number of aromatic nitrogens is 2. The van der Waals surface area contributed by atoms with Gasteiger partial charge >= 0.3 is 0 Å².